The molecule has 0 unspecified atom stereocenters. The van der Waals surface area contributed by atoms with Crippen LogP contribution in [0.5, 0.6) is 0 Å². The lowest BCUT2D eigenvalue weighted by Crippen LogP contribution is -2.40. The molecule has 2 N–H and O–H groups in total. The Labute approximate surface area is 183 Å². The van der Waals surface area contributed by atoms with Gasteiger partial charge in [0.15, 0.2) is 0 Å². The Morgan fingerprint density at radius 3 is 2.31 bits per heavy atom. The minimum atomic E-state index is -3.79. The predicted octanol–water partition coefficient (Wildman–Crippen LogP) is 3.72. The van der Waals surface area contributed by atoms with E-state index >= 15 is 0 Å². The van der Waals surface area contributed by atoms with Crippen LogP contribution < -0.4 is 10.6 Å². The molecular weight excluding hydrogens is 461 g/mol. The van der Waals surface area contributed by atoms with Gasteiger partial charge in [-0.05, 0) is 36.4 Å². The van der Waals surface area contributed by atoms with Crippen molar-refractivity contribution in [2.24, 2.45) is 0 Å². The van der Waals surface area contributed by atoms with Gasteiger partial charge in [0.1, 0.15) is 4.90 Å². The molecule has 11 heteroatoms. The highest BCUT2D eigenvalue weighted by atomic mass is 35.5. The van der Waals surface area contributed by atoms with Crippen LogP contribution in [0, 0.1) is 0 Å². The largest absolute Gasteiger partial charge is 0.379 e. The molecule has 29 heavy (non-hydrogen) atoms. The molecule has 1 aliphatic rings. The number of halogens is 3. The first-order valence-corrected chi connectivity index (χ1v) is 11.2. The molecule has 0 aliphatic carbocycles. The van der Waals surface area contributed by atoms with Gasteiger partial charge in [-0.2, -0.15) is 4.31 Å². The van der Waals surface area contributed by atoms with E-state index in [1.807, 2.05) is 0 Å². The molecular formula is C18H18Cl3N3O4S. The molecule has 7 nitrogen and oxygen atoms in total. The number of hydrogen-bond acceptors (Lipinski definition) is 5. The molecule has 0 spiro atoms. The lowest BCUT2D eigenvalue weighted by atomic mass is 10.3. The third-order valence-electron chi connectivity index (χ3n) is 4.18. The van der Waals surface area contributed by atoms with Crippen LogP contribution in [0.25, 0.3) is 0 Å². The Balaban J connectivity index is 1.68. The van der Waals surface area contributed by atoms with Crippen molar-refractivity contribution < 1.29 is 17.9 Å². The molecule has 1 saturated heterocycles. The fraction of sp³-hybridized carbons (Fsp3) is 0.278. The molecule has 156 valence electrons. The van der Waals surface area contributed by atoms with Crippen molar-refractivity contribution in [1.29, 1.82) is 0 Å². The Kier molecular flexibility index (Phi) is 7.26. The topological polar surface area (TPSA) is 87.7 Å². The van der Waals surface area contributed by atoms with E-state index in [9.17, 15) is 13.2 Å². The first kappa shape index (κ1) is 22.1. The first-order chi connectivity index (χ1) is 13.8. The maximum Gasteiger partial charge on any atom is 0.244 e. The molecule has 1 aliphatic heterocycles. The maximum absolute atomic E-state index is 12.9. The van der Waals surface area contributed by atoms with Crippen molar-refractivity contribution in [2.45, 2.75) is 4.90 Å². The fourth-order valence-electron chi connectivity index (χ4n) is 2.70. The normalized spacial score (nSPS) is 15.1. The lowest BCUT2D eigenvalue weighted by molar-refractivity contribution is -0.114. The smallest absolute Gasteiger partial charge is 0.244 e. The first-order valence-electron chi connectivity index (χ1n) is 8.63. The minimum Gasteiger partial charge on any atom is -0.379 e. The highest BCUT2D eigenvalue weighted by Crippen LogP contribution is 2.28. The molecule has 0 radical (unpaired) electrons. The molecule has 2 aromatic carbocycles. The Bertz CT molecular complexity index is 1010. The molecule has 0 aromatic heterocycles. The van der Waals surface area contributed by atoms with Crippen LogP contribution in [0.2, 0.25) is 15.1 Å². The summed E-state index contributed by atoms with van der Waals surface area (Å²) in [6.45, 7) is 1.11. The zero-order chi connectivity index (χ0) is 21.0. The third kappa shape index (κ3) is 5.53. The molecule has 0 bridgehead atoms. The van der Waals surface area contributed by atoms with E-state index in [1.54, 1.807) is 18.2 Å². The summed E-state index contributed by atoms with van der Waals surface area (Å²) in [5.74, 6) is -0.367. The van der Waals surface area contributed by atoms with Gasteiger partial charge in [-0.15, -0.1) is 0 Å². The predicted molar refractivity (Wildman–Crippen MR) is 115 cm³/mol. The van der Waals surface area contributed by atoms with Crippen LogP contribution in [0.1, 0.15) is 0 Å². The average Bonchev–Trinajstić information content (AvgIpc) is 2.71. The van der Waals surface area contributed by atoms with E-state index in [4.69, 9.17) is 39.5 Å². The highest BCUT2D eigenvalue weighted by Gasteiger charge is 2.28. The van der Waals surface area contributed by atoms with Crippen LogP contribution in [-0.4, -0.2) is 51.5 Å². The van der Waals surface area contributed by atoms with Crippen molar-refractivity contribution in [2.75, 3.05) is 43.5 Å². The number of ether oxygens (including phenoxy) is 1. The zero-order valence-electron chi connectivity index (χ0n) is 15.1. The Morgan fingerprint density at radius 1 is 0.966 bits per heavy atom. The van der Waals surface area contributed by atoms with Crippen LogP contribution in [0.4, 0.5) is 11.4 Å². The van der Waals surface area contributed by atoms with E-state index < -0.39 is 10.0 Å². The number of nitrogens with one attached hydrogen (secondary N) is 2. The minimum absolute atomic E-state index is 0.0495. The number of rotatable bonds is 6. The summed E-state index contributed by atoms with van der Waals surface area (Å²) in [5.41, 5.74) is 0.948. The number of sulfonamides is 1. The molecule has 2 aromatic rings. The van der Waals surface area contributed by atoms with E-state index in [1.165, 1.54) is 22.5 Å². The molecule has 0 saturated carbocycles. The number of carbonyl (C=O) groups excluding carboxylic acids is 1. The fourth-order valence-corrected chi connectivity index (χ4v) is 4.90. The third-order valence-corrected chi connectivity index (χ3v) is 7.29. The van der Waals surface area contributed by atoms with Gasteiger partial charge in [-0.25, -0.2) is 8.42 Å². The van der Waals surface area contributed by atoms with Crippen LogP contribution in [-0.2, 0) is 19.6 Å². The second-order valence-corrected chi connectivity index (χ2v) is 9.32. The highest BCUT2D eigenvalue weighted by molar-refractivity contribution is 7.89. The van der Waals surface area contributed by atoms with Gasteiger partial charge in [0, 0.05) is 24.5 Å². The standard InChI is InChI=1S/C18H18Cl3N3O4S/c19-14-3-1-12(9-16(14)21)22-11-18(25)23-13-2-4-15(20)17(10-13)29(26,27)24-5-7-28-8-6-24/h1-4,9-10,22H,5-8,11H2,(H,23,25). The number of amides is 1. The quantitative estimate of drug-likeness (QED) is 0.661. The molecule has 0 atom stereocenters. The summed E-state index contributed by atoms with van der Waals surface area (Å²) in [6, 6.07) is 9.24. The lowest BCUT2D eigenvalue weighted by Gasteiger charge is -2.26. The van der Waals surface area contributed by atoms with Gasteiger partial charge in [0.05, 0.1) is 34.8 Å². The number of benzene rings is 2. The van der Waals surface area contributed by atoms with Crippen LogP contribution in [0.3, 0.4) is 0 Å². The second kappa shape index (κ2) is 9.51. The SMILES string of the molecule is O=C(CNc1ccc(Cl)c(Cl)c1)Nc1ccc(Cl)c(S(=O)(=O)N2CCOCC2)c1. The van der Waals surface area contributed by atoms with Gasteiger partial charge < -0.3 is 15.4 Å². The van der Waals surface area contributed by atoms with Crippen molar-refractivity contribution in [3.63, 3.8) is 0 Å². The zero-order valence-corrected chi connectivity index (χ0v) is 18.2. The van der Waals surface area contributed by atoms with E-state index in [2.05, 4.69) is 10.6 Å². The Morgan fingerprint density at radius 2 is 1.62 bits per heavy atom. The summed E-state index contributed by atoms with van der Waals surface area (Å²) in [6.07, 6.45) is 0. The van der Waals surface area contributed by atoms with Gasteiger partial charge in [-0.3, -0.25) is 4.79 Å². The van der Waals surface area contributed by atoms with Crippen LogP contribution >= 0.6 is 34.8 Å². The monoisotopic (exact) mass is 477 g/mol. The maximum atomic E-state index is 12.9. The number of morpholine rings is 1. The van der Waals surface area contributed by atoms with Crippen molar-refractivity contribution >= 4 is 62.1 Å². The Hall–Kier alpha value is -1.55. The second-order valence-electron chi connectivity index (χ2n) is 6.19. The number of nitrogens with zero attached hydrogens (tertiary/aromatic N) is 1. The van der Waals surface area contributed by atoms with Gasteiger partial charge in [0.2, 0.25) is 15.9 Å². The molecule has 3 rings (SSSR count). The summed E-state index contributed by atoms with van der Waals surface area (Å²) in [5, 5.41) is 6.44. The van der Waals surface area contributed by atoms with Crippen molar-refractivity contribution in [3.8, 4) is 0 Å². The summed E-state index contributed by atoms with van der Waals surface area (Å²) in [7, 11) is -3.79. The van der Waals surface area contributed by atoms with E-state index in [0.717, 1.165) is 0 Å². The average molecular weight is 479 g/mol. The summed E-state index contributed by atoms with van der Waals surface area (Å²) < 4.78 is 32.2. The van der Waals surface area contributed by atoms with Crippen LogP contribution in [0.15, 0.2) is 41.3 Å². The van der Waals surface area contributed by atoms with Gasteiger partial charge >= 0.3 is 0 Å². The molecule has 1 amide bonds. The van der Waals surface area contributed by atoms with E-state index in [-0.39, 0.29) is 35.5 Å². The summed E-state index contributed by atoms with van der Waals surface area (Å²) >= 11 is 17.9. The number of hydrogen-bond donors (Lipinski definition) is 2. The van der Waals surface area contributed by atoms with Gasteiger partial charge in [0.25, 0.3) is 0 Å². The molecule has 1 heterocycles. The number of carbonyl (C=O) groups is 1. The molecule has 1 fully saturated rings. The van der Waals surface area contributed by atoms with Crippen molar-refractivity contribution in [1.82, 2.24) is 4.31 Å². The summed E-state index contributed by atoms with van der Waals surface area (Å²) in [4.78, 5) is 12.2. The number of anilines is 2. The van der Waals surface area contributed by atoms with Gasteiger partial charge in [-0.1, -0.05) is 34.8 Å². The van der Waals surface area contributed by atoms with Crippen molar-refractivity contribution in [3.05, 3.63) is 51.5 Å². The van der Waals surface area contributed by atoms with E-state index in [0.29, 0.717) is 34.6 Å².